The smallest absolute Gasteiger partial charge is 0.449 e. The van der Waals surface area contributed by atoms with E-state index in [-0.39, 0.29) is 16.4 Å². The van der Waals surface area contributed by atoms with Gasteiger partial charge >= 0.3 is 6.16 Å². The highest BCUT2D eigenvalue weighted by Crippen LogP contribution is 2.25. The van der Waals surface area contributed by atoms with E-state index < -0.39 is 40.3 Å². The van der Waals surface area contributed by atoms with Crippen LogP contribution in [0.5, 0.6) is 5.75 Å². The van der Waals surface area contributed by atoms with Crippen molar-refractivity contribution in [2.75, 3.05) is 0 Å². The summed E-state index contributed by atoms with van der Waals surface area (Å²) in [7, 11) is 1.41. The van der Waals surface area contributed by atoms with Crippen LogP contribution in [0, 0.1) is 17.5 Å². The monoisotopic (exact) mass is 324 g/mol. The zero-order valence-electron chi connectivity index (χ0n) is 11.4. The van der Waals surface area contributed by atoms with E-state index in [0.29, 0.717) is 6.07 Å². The van der Waals surface area contributed by atoms with E-state index in [2.05, 4.69) is 9.72 Å². The van der Waals surface area contributed by atoms with Crippen molar-refractivity contribution in [3.8, 4) is 5.75 Å². The number of fused-ring (bicyclic) bond motifs is 2. The van der Waals surface area contributed by atoms with Crippen molar-refractivity contribution < 1.29 is 27.8 Å². The lowest BCUT2D eigenvalue weighted by molar-refractivity contribution is 0.144. The number of benzene rings is 1. The lowest BCUT2D eigenvalue weighted by Gasteiger charge is -2.09. The van der Waals surface area contributed by atoms with E-state index >= 15 is 0 Å². The molecule has 0 aliphatic heterocycles. The molecule has 0 fully saturated rings. The van der Waals surface area contributed by atoms with Gasteiger partial charge in [-0.15, -0.1) is 0 Å². The van der Waals surface area contributed by atoms with Gasteiger partial charge in [-0.05, 0) is 12.1 Å². The molecule has 1 N–H and O–H groups in total. The molecule has 2 aromatic heterocycles. The van der Waals surface area contributed by atoms with Gasteiger partial charge in [-0.1, -0.05) is 0 Å². The molecule has 0 aliphatic carbocycles. The Hall–Kier alpha value is -3.10. The van der Waals surface area contributed by atoms with Crippen molar-refractivity contribution >= 4 is 28.1 Å². The Kier molecular flexibility index (Phi) is 3.20. The van der Waals surface area contributed by atoms with Crippen LogP contribution in [0.2, 0.25) is 0 Å². The molecule has 1 aromatic carbocycles. The summed E-state index contributed by atoms with van der Waals surface area (Å²) in [5.74, 6) is -5.05. The number of hydrogen-bond donors (Lipinski definition) is 1. The molecular formula is C14H7F3N2O4. The van der Waals surface area contributed by atoms with Gasteiger partial charge in [0.15, 0.2) is 23.2 Å². The molecule has 3 rings (SSSR count). The van der Waals surface area contributed by atoms with Gasteiger partial charge in [0.25, 0.3) is 0 Å². The molecule has 0 saturated heterocycles. The fourth-order valence-corrected chi connectivity index (χ4v) is 2.24. The minimum Gasteiger partial charge on any atom is -0.449 e. The second-order valence-electron chi connectivity index (χ2n) is 4.72. The van der Waals surface area contributed by atoms with Crippen LogP contribution in [-0.2, 0) is 7.05 Å². The van der Waals surface area contributed by atoms with Crippen LogP contribution in [0.15, 0.2) is 23.1 Å². The number of pyridine rings is 2. The molecule has 3 aromatic rings. The molecule has 2 heterocycles. The number of carboxylic acid groups (broad SMARTS) is 1. The fraction of sp³-hybridized carbons (Fsp3) is 0.0714. The maximum atomic E-state index is 13.8. The second-order valence-corrected chi connectivity index (χ2v) is 4.72. The highest BCUT2D eigenvalue weighted by Gasteiger charge is 2.18. The minimum atomic E-state index is -1.69. The molecule has 9 heteroatoms. The highest BCUT2D eigenvalue weighted by molar-refractivity contribution is 5.92. The molecule has 118 valence electrons. The van der Waals surface area contributed by atoms with Crippen molar-refractivity contribution in [3.63, 3.8) is 0 Å². The average Bonchev–Trinajstić information content (AvgIpc) is 2.48. The number of carbonyl (C=O) groups is 1. The number of ether oxygens (including phenoxy) is 1. The second kappa shape index (κ2) is 4.97. The first-order chi connectivity index (χ1) is 10.8. The van der Waals surface area contributed by atoms with Crippen LogP contribution in [0.1, 0.15) is 0 Å². The van der Waals surface area contributed by atoms with Gasteiger partial charge in [-0.3, -0.25) is 4.79 Å². The Labute approximate surface area is 125 Å². The van der Waals surface area contributed by atoms with Gasteiger partial charge in [-0.25, -0.2) is 22.9 Å². The molecule has 0 bridgehead atoms. The van der Waals surface area contributed by atoms with Crippen molar-refractivity contribution in [1.82, 2.24) is 9.55 Å². The van der Waals surface area contributed by atoms with E-state index in [1.165, 1.54) is 11.6 Å². The van der Waals surface area contributed by atoms with E-state index in [4.69, 9.17) is 5.11 Å². The van der Waals surface area contributed by atoms with Gasteiger partial charge in [0.1, 0.15) is 11.2 Å². The molecule has 0 spiro atoms. The van der Waals surface area contributed by atoms with Crippen LogP contribution in [0.3, 0.4) is 0 Å². The van der Waals surface area contributed by atoms with Gasteiger partial charge in [0, 0.05) is 12.4 Å². The zero-order valence-corrected chi connectivity index (χ0v) is 11.4. The summed E-state index contributed by atoms with van der Waals surface area (Å²) in [6.45, 7) is 0. The van der Waals surface area contributed by atoms with Gasteiger partial charge in [0.2, 0.25) is 5.43 Å². The van der Waals surface area contributed by atoms with Crippen LogP contribution in [-0.4, -0.2) is 20.8 Å². The maximum absolute atomic E-state index is 13.8. The predicted octanol–water partition coefficient (Wildman–Crippen LogP) is 2.56. The zero-order chi connectivity index (χ0) is 16.9. The van der Waals surface area contributed by atoms with Crippen LogP contribution in [0.25, 0.3) is 21.9 Å². The van der Waals surface area contributed by atoms with Gasteiger partial charge in [-0.2, -0.15) is 0 Å². The number of aromatic nitrogens is 2. The largest absolute Gasteiger partial charge is 0.511 e. The number of nitrogens with zero attached hydrogens (tertiary/aromatic N) is 2. The average molecular weight is 324 g/mol. The number of rotatable bonds is 1. The van der Waals surface area contributed by atoms with E-state index in [1.54, 1.807) is 0 Å². The quantitative estimate of drug-likeness (QED) is 0.423. The first kappa shape index (κ1) is 14.8. The van der Waals surface area contributed by atoms with Crippen molar-refractivity contribution in [3.05, 3.63) is 46.0 Å². The summed E-state index contributed by atoms with van der Waals surface area (Å²) >= 11 is 0. The summed E-state index contributed by atoms with van der Waals surface area (Å²) in [6.07, 6.45) is -0.635. The Balaban J connectivity index is 2.45. The number of halogens is 3. The van der Waals surface area contributed by atoms with E-state index in [9.17, 15) is 22.8 Å². The third-order valence-electron chi connectivity index (χ3n) is 3.24. The van der Waals surface area contributed by atoms with Crippen LogP contribution < -0.4 is 10.2 Å². The van der Waals surface area contributed by atoms with E-state index in [1.807, 2.05) is 0 Å². The topological polar surface area (TPSA) is 81.4 Å². The van der Waals surface area contributed by atoms with Gasteiger partial charge < -0.3 is 14.4 Å². The predicted molar refractivity (Wildman–Crippen MR) is 73.0 cm³/mol. The lowest BCUT2D eigenvalue weighted by atomic mass is 10.1. The Bertz CT molecular complexity index is 1050. The molecule has 23 heavy (non-hydrogen) atoms. The van der Waals surface area contributed by atoms with Crippen LogP contribution >= 0.6 is 0 Å². The third kappa shape index (κ3) is 2.26. The number of hydrogen-bond acceptors (Lipinski definition) is 4. The first-order valence-electron chi connectivity index (χ1n) is 6.18. The molecule has 0 unspecified atom stereocenters. The normalized spacial score (nSPS) is 11.1. The third-order valence-corrected chi connectivity index (χ3v) is 3.24. The summed E-state index contributed by atoms with van der Waals surface area (Å²) in [5.41, 5.74) is -1.30. The molecule has 0 saturated carbocycles. The SMILES string of the molecule is Cn1cc(OC(=O)O)c(=O)c2cc3cc(F)c(F)c(F)c3nc21. The number of aryl methyl sites for hydroxylation is 1. The van der Waals surface area contributed by atoms with E-state index in [0.717, 1.165) is 12.3 Å². The highest BCUT2D eigenvalue weighted by atomic mass is 19.2. The first-order valence-corrected chi connectivity index (χ1v) is 6.18. The summed E-state index contributed by atoms with van der Waals surface area (Å²) < 4.78 is 46.0. The molecule has 0 aliphatic rings. The van der Waals surface area contributed by atoms with Crippen molar-refractivity contribution in [2.45, 2.75) is 0 Å². The molecular weight excluding hydrogens is 317 g/mol. The maximum Gasteiger partial charge on any atom is 0.511 e. The summed E-state index contributed by atoms with van der Waals surface area (Å²) in [5, 5.41) is 8.34. The standard InChI is InChI=1S/C14H7F3N2O4/c1-19-4-8(23-14(21)22)12(20)6-2-5-3-7(15)9(16)10(17)11(5)18-13(6)19/h2-4H,1H3,(H,21,22). The molecule has 0 radical (unpaired) electrons. The molecule has 0 atom stereocenters. The summed E-state index contributed by atoms with van der Waals surface area (Å²) in [6, 6.07) is 1.80. The lowest BCUT2D eigenvalue weighted by Crippen LogP contribution is -2.16. The van der Waals surface area contributed by atoms with Crippen molar-refractivity contribution in [2.24, 2.45) is 7.05 Å². The fourth-order valence-electron chi connectivity index (χ4n) is 2.24. The summed E-state index contributed by atoms with van der Waals surface area (Å²) in [4.78, 5) is 26.6. The van der Waals surface area contributed by atoms with Crippen molar-refractivity contribution in [1.29, 1.82) is 0 Å². The van der Waals surface area contributed by atoms with Gasteiger partial charge in [0.05, 0.1) is 11.6 Å². The molecule has 6 nitrogen and oxygen atoms in total. The Morgan fingerprint density at radius 1 is 1.26 bits per heavy atom. The molecule has 0 amide bonds. The Morgan fingerprint density at radius 2 is 1.96 bits per heavy atom. The van der Waals surface area contributed by atoms with Crippen LogP contribution in [0.4, 0.5) is 18.0 Å². The minimum absolute atomic E-state index is 0.0369. The Morgan fingerprint density at radius 3 is 2.61 bits per heavy atom.